The maximum atomic E-state index is 5.89. The number of benzene rings is 1. The SMILES string of the molecule is CSCCCCNc1nc2ccccc2nc1N. The topological polar surface area (TPSA) is 63.8 Å². The number of nitrogen functional groups attached to an aromatic ring is 1. The number of thioether (sulfide) groups is 1. The Morgan fingerprint density at radius 3 is 2.61 bits per heavy atom. The van der Waals surface area contributed by atoms with Crippen molar-refractivity contribution in [3.63, 3.8) is 0 Å². The number of rotatable bonds is 6. The van der Waals surface area contributed by atoms with E-state index in [1.165, 1.54) is 12.2 Å². The van der Waals surface area contributed by atoms with Crippen molar-refractivity contribution in [2.24, 2.45) is 0 Å². The van der Waals surface area contributed by atoms with E-state index in [1.54, 1.807) is 0 Å². The molecular formula is C13H18N4S. The maximum Gasteiger partial charge on any atom is 0.169 e. The Kier molecular flexibility index (Phi) is 4.64. The second-order valence-electron chi connectivity index (χ2n) is 4.07. The highest BCUT2D eigenvalue weighted by Crippen LogP contribution is 2.18. The van der Waals surface area contributed by atoms with Crippen LogP contribution in [0.2, 0.25) is 0 Å². The monoisotopic (exact) mass is 262 g/mol. The van der Waals surface area contributed by atoms with Gasteiger partial charge in [-0.25, -0.2) is 9.97 Å². The maximum absolute atomic E-state index is 5.89. The number of fused-ring (bicyclic) bond motifs is 1. The molecule has 96 valence electrons. The molecule has 0 unspecified atom stereocenters. The number of hydrogen-bond acceptors (Lipinski definition) is 5. The molecule has 0 radical (unpaired) electrons. The van der Waals surface area contributed by atoms with Crippen LogP contribution in [0, 0.1) is 0 Å². The van der Waals surface area contributed by atoms with E-state index < -0.39 is 0 Å². The number of anilines is 2. The molecule has 0 aliphatic carbocycles. The molecule has 0 saturated heterocycles. The van der Waals surface area contributed by atoms with Gasteiger partial charge in [0.15, 0.2) is 11.6 Å². The highest BCUT2D eigenvalue weighted by atomic mass is 32.2. The molecule has 0 fully saturated rings. The first-order valence-electron chi connectivity index (χ1n) is 6.06. The third-order valence-electron chi connectivity index (χ3n) is 2.67. The Morgan fingerprint density at radius 2 is 1.89 bits per heavy atom. The van der Waals surface area contributed by atoms with Crippen LogP contribution in [0.15, 0.2) is 24.3 Å². The van der Waals surface area contributed by atoms with Gasteiger partial charge in [-0.05, 0) is 37.0 Å². The molecule has 2 rings (SSSR count). The van der Waals surface area contributed by atoms with Crippen LogP contribution in [0.1, 0.15) is 12.8 Å². The van der Waals surface area contributed by atoms with Crippen molar-refractivity contribution in [1.82, 2.24) is 9.97 Å². The Bertz CT molecular complexity index is 515. The molecule has 0 atom stereocenters. The smallest absolute Gasteiger partial charge is 0.169 e. The van der Waals surface area contributed by atoms with Gasteiger partial charge in [0.2, 0.25) is 0 Å². The number of unbranched alkanes of at least 4 members (excludes halogenated alkanes) is 1. The van der Waals surface area contributed by atoms with Crippen LogP contribution in [0.25, 0.3) is 11.0 Å². The summed E-state index contributed by atoms with van der Waals surface area (Å²) < 4.78 is 0. The average Bonchev–Trinajstić information content (AvgIpc) is 2.39. The minimum absolute atomic E-state index is 0.471. The van der Waals surface area contributed by atoms with Crippen molar-refractivity contribution < 1.29 is 0 Å². The summed E-state index contributed by atoms with van der Waals surface area (Å²) in [6.07, 6.45) is 4.45. The number of nitrogens with one attached hydrogen (secondary N) is 1. The second kappa shape index (κ2) is 6.44. The molecule has 0 spiro atoms. The van der Waals surface area contributed by atoms with Gasteiger partial charge < -0.3 is 11.1 Å². The summed E-state index contributed by atoms with van der Waals surface area (Å²) in [6.45, 7) is 0.887. The zero-order chi connectivity index (χ0) is 12.8. The highest BCUT2D eigenvalue weighted by Gasteiger charge is 2.04. The standard InChI is InChI=1S/C13H18N4S/c1-18-9-5-4-8-15-13-12(14)16-10-6-2-3-7-11(10)17-13/h2-3,6-7H,4-5,8-9H2,1H3,(H2,14,16)(H,15,17). The molecule has 5 heteroatoms. The molecule has 0 bridgehead atoms. The summed E-state index contributed by atoms with van der Waals surface area (Å²) in [5.41, 5.74) is 7.60. The lowest BCUT2D eigenvalue weighted by molar-refractivity contribution is 0.840. The summed E-state index contributed by atoms with van der Waals surface area (Å²) in [7, 11) is 0. The fourth-order valence-corrected chi connectivity index (χ4v) is 2.21. The normalized spacial score (nSPS) is 10.7. The van der Waals surface area contributed by atoms with Crippen LogP contribution < -0.4 is 11.1 Å². The third-order valence-corrected chi connectivity index (χ3v) is 3.36. The van der Waals surface area contributed by atoms with Gasteiger partial charge in [0.1, 0.15) is 0 Å². The number of aromatic nitrogens is 2. The quantitative estimate of drug-likeness (QED) is 0.784. The first-order chi connectivity index (χ1) is 8.81. The number of para-hydroxylation sites is 2. The van der Waals surface area contributed by atoms with Gasteiger partial charge in [-0.15, -0.1) is 0 Å². The van der Waals surface area contributed by atoms with Crippen LogP contribution in [0.3, 0.4) is 0 Å². The van der Waals surface area contributed by atoms with Crippen molar-refractivity contribution in [2.45, 2.75) is 12.8 Å². The predicted molar refractivity (Wildman–Crippen MR) is 80.1 cm³/mol. The summed E-state index contributed by atoms with van der Waals surface area (Å²) in [4.78, 5) is 8.83. The molecule has 4 nitrogen and oxygen atoms in total. The van der Waals surface area contributed by atoms with Crippen LogP contribution >= 0.6 is 11.8 Å². The molecule has 1 heterocycles. The number of nitrogens with zero attached hydrogens (tertiary/aromatic N) is 2. The Labute approximate surface area is 111 Å². The van der Waals surface area contributed by atoms with Crippen LogP contribution in [-0.2, 0) is 0 Å². The average molecular weight is 262 g/mol. The zero-order valence-corrected chi connectivity index (χ0v) is 11.3. The van der Waals surface area contributed by atoms with Crippen molar-refractivity contribution in [3.05, 3.63) is 24.3 Å². The van der Waals surface area contributed by atoms with E-state index in [1.807, 2.05) is 36.0 Å². The minimum atomic E-state index is 0.471. The van der Waals surface area contributed by atoms with Crippen molar-refractivity contribution >= 4 is 34.4 Å². The van der Waals surface area contributed by atoms with Gasteiger partial charge in [0.25, 0.3) is 0 Å². The van der Waals surface area contributed by atoms with Gasteiger partial charge in [0.05, 0.1) is 11.0 Å². The van der Waals surface area contributed by atoms with Gasteiger partial charge in [-0.2, -0.15) is 11.8 Å². The molecule has 1 aromatic carbocycles. The number of hydrogen-bond donors (Lipinski definition) is 2. The molecule has 0 amide bonds. The Hall–Kier alpha value is -1.49. The fraction of sp³-hybridized carbons (Fsp3) is 0.385. The van der Waals surface area contributed by atoms with E-state index in [2.05, 4.69) is 21.5 Å². The first kappa shape index (κ1) is 13.0. The summed E-state index contributed by atoms with van der Waals surface area (Å²) in [5, 5.41) is 3.26. The van der Waals surface area contributed by atoms with Crippen LogP contribution in [0.4, 0.5) is 11.6 Å². The molecule has 1 aromatic heterocycles. The van der Waals surface area contributed by atoms with Crippen LogP contribution in [0.5, 0.6) is 0 Å². The van der Waals surface area contributed by atoms with Gasteiger partial charge in [0, 0.05) is 6.54 Å². The molecular weight excluding hydrogens is 244 g/mol. The van der Waals surface area contributed by atoms with E-state index in [0.29, 0.717) is 11.6 Å². The zero-order valence-electron chi connectivity index (χ0n) is 10.5. The Balaban J connectivity index is 2.01. The molecule has 2 aromatic rings. The van der Waals surface area contributed by atoms with Gasteiger partial charge in [-0.1, -0.05) is 12.1 Å². The van der Waals surface area contributed by atoms with Gasteiger partial charge >= 0.3 is 0 Å². The first-order valence-corrected chi connectivity index (χ1v) is 7.45. The highest BCUT2D eigenvalue weighted by molar-refractivity contribution is 7.98. The van der Waals surface area contributed by atoms with E-state index in [-0.39, 0.29) is 0 Å². The van der Waals surface area contributed by atoms with Crippen molar-refractivity contribution in [1.29, 1.82) is 0 Å². The molecule has 0 aliphatic heterocycles. The summed E-state index contributed by atoms with van der Waals surface area (Å²) in [6, 6.07) is 7.75. The van der Waals surface area contributed by atoms with E-state index in [9.17, 15) is 0 Å². The largest absolute Gasteiger partial charge is 0.381 e. The molecule has 18 heavy (non-hydrogen) atoms. The lowest BCUT2D eigenvalue weighted by Crippen LogP contribution is -2.08. The van der Waals surface area contributed by atoms with E-state index >= 15 is 0 Å². The fourth-order valence-electron chi connectivity index (χ4n) is 1.72. The lowest BCUT2D eigenvalue weighted by Gasteiger charge is -2.08. The Morgan fingerprint density at radius 1 is 1.17 bits per heavy atom. The third kappa shape index (κ3) is 3.26. The van der Waals surface area contributed by atoms with Crippen molar-refractivity contribution in [2.75, 3.05) is 29.6 Å². The second-order valence-corrected chi connectivity index (χ2v) is 5.06. The summed E-state index contributed by atoms with van der Waals surface area (Å²) >= 11 is 1.87. The predicted octanol–water partition coefficient (Wildman–Crippen LogP) is 2.77. The van der Waals surface area contributed by atoms with Crippen molar-refractivity contribution in [3.8, 4) is 0 Å². The molecule has 0 aliphatic rings. The van der Waals surface area contributed by atoms with E-state index in [0.717, 1.165) is 24.0 Å². The van der Waals surface area contributed by atoms with E-state index in [4.69, 9.17) is 5.73 Å². The minimum Gasteiger partial charge on any atom is -0.381 e. The summed E-state index contributed by atoms with van der Waals surface area (Å²) in [5.74, 6) is 2.36. The molecule has 3 N–H and O–H groups in total. The lowest BCUT2D eigenvalue weighted by atomic mass is 10.3. The van der Waals surface area contributed by atoms with Crippen LogP contribution in [-0.4, -0.2) is 28.5 Å². The van der Waals surface area contributed by atoms with Gasteiger partial charge in [-0.3, -0.25) is 0 Å². The number of nitrogens with two attached hydrogens (primary N) is 1. The molecule has 0 saturated carbocycles.